The van der Waals surface area contributed by atoms with Crippen LogP contribution in [0.25, 0.3) is 0 Å². The fourth-order valence-corrected chi connectivity index (χ4v) is 1.72. The Morgan fingerprint density at radius 2 is 1.33 bits per heavy atom. The maximum absolute atomic E-state index is 8.78. The molecule has 2 nitrogen and oxygen atoms in total. The first-order valence-corrected chi connectivity index (χ1v) is 6.54. The van der Waals surface area contributed by atoms with Crippen molar-refractivity contribution in [3.8, 4) is 0 Å². The second kappa shape index (κ2) is 11.5. The average molecular weight is 213 g/mol. The number of nitrogens with zero attached hydrogens (tertiary/aromatic N) is 1. The Balaban J connectivity index is 3.31. The van der Waals surface area contributed by atoms with Gasteiger partial charge in [-0.05, 0) is 25.7 Å². The van der Waals surface area contributed by atoms with Crippen LogP contribution in [0.2, 0.25) is 0 Å². The molecule has 0 radical (unpaired) electrons. The average Bonchev–Trinajstić information content (AvgIpc) is 2.27. The van der Waals surface area contributed by atoms with E-state index in [1.165, 1.54) is 44.9 Å². The summed E-state index contributed by atoms with van der Waals surface area (Å²) in [6, 6.07) is 0. The highest BCUT2D eigenvalue weighted by Crippen LogP contribution is 2.09. The van der Waals surface area contributed by atoms with E-state index in [1.807, 2.05) is 0 Å². The van der Waals surface area contributed by atoms with Crippen molar-refractivity contribution in [2.75, 3.05) is 0 Å². The largest absolute Gasteiger partial charge is 0.411 e. The molecule has 0 amide bonds. The molecule has 0 bridgehead atoms. The van der Waals surface area contributed by atoms with E-state index in [-0.39, 0.29) is 0 Å². The zero-order valence-electron chi connectivity index (χ0n) is 10.5. The third kappa shape index (κ3) is 9.77. The molecule has 1 N–H and O–H groups in total. The van der Waals surface area contributed by atoms with Crippen LogP contribution in [-0.4, -0.2) is 10.9 Å². The Morgan fingerprint density at radius 3 is 1.93 bits per heavy atom. The molecule has 0 aliphatic carbocycles. The standard InChI is InChI=1S/C13H27NO/c1-3-5-7-8-9-10-12-13(14-15)11-6-4-2/h15H,3-12H2,1-2H3. The molecule has 0 aromatic carbocycles. The van der Waals surface area contributed by atoms with E-state index < -0.39 is 0 Å². The molecule has 90 valence electrons. The van der Waals surface area contributed by atoms with Gasteiger partial charge in [-0.2, -0.15) is 0 Å². The monoisotopic (exact) mass is 213 g/mol. The summed E-state index contributed by atoms with van der Waals surface area (Å²) in [5, 5.41) is 12.2. The second-order valence-electron chi connectivity index (χ2n) is 4.29. The van der Waals surface area contributed by atoms with Gasteiger partial charge in [0.15, 0.2) is 0 Å². The molecule has 15 heavy (non-hydrogen) atoms. The topological polar surface area (TPSA) is 32.6 Å². The Kier molecular flexibility index (Phi) is 11.1. The molecule has 0 aromatic heterocycles. The molecule has 0 aromatic rings. The molecule has 0 aliphatic rings. The van der Waals surface area contributed by atoms with Crippen LogP contribution in [0.1, 0.15) is 78.1 Å². The third-order valence-corrected chi connectivity index (χ3v) is 2.78. The highest BCUT2D eigenvalue weighted by molar-refractivity contribution is 5.83. The molecule has 2 heteroatoms. The van der Waals surface area contributed by atoms with Crippen molar-refractivity contribution in [2.45, 2.75) is 78.1 Å². The van der Waals surface area contributed by atoms with E-state index in [4.69, 9.17) is 5.21 Å². The molecule has 0 spiro atoms. The molecule has 0 rings (SSSR count). The molecule has 0 heterocycles. The normalized spacial score (nSPS) is 12.0. The molecule has 0 saturated heterocycles. The zero-order chi connectivity index (χ0) is 11.4. The van der Waals surface area contributed by atoms with E-state index in [1.54, 1.807) is 0 Å². The van der Waals surface area contributed by atoms with Crippen molar-refractivity contribution >= 4 is 5.71 Å². The van der Waals surface area contributed by atoms with Gasteiger partial charge in [0.2, 0.25) is 0 Å². The van der Waals surface area contributed by atoms with Gasteiger partial charge in [-0.25, -0.2) is 0 Å². The summed E-state index contributed by atoms with van der Waals surface area (Å²) in [4.78, 5) is 0. The highest BCUT2D eigenvalue weighted by atomic mass is 16.4. The SMILES string of the molecule is CCCCCCCCC(CCCC)=NO. The van der Waals surface area contributed by atoms with Crippen molar-refractivity contribution < 1.29 is 5.21 Å². The van der Waals surface area contributed by atoms with Crippen LogP contribution in [0.5, 0.6) is 0 Å². The second-order valence-corrected chi connectivity index (χ2v) is 4.29. The van der Waals surface area contributed by atoms with Gasteiger partial charge in [0, 0.05) is 0 Å². The van der Waals surface area contributed by atoms with Crippen LogP contribution in [-0.2, 0) is 0 Å². The lowest BCUT2D eigenvalue weighted by Crippen LogP contribution is -1.98. The summed E-state index contributed by atoms with van der Waals surface area (Å²) in [6.45, 7) is 4.40. The Labute approximate surface area is 94.8 Å². The zero-order valence-corrected chi connectivity index (χ0v) is 10.5. The molecular formula is C13H27NO. The first-order valence-electron chi connectivity index (χ1n) is 6.54. The Morgan fingerprint density at radius 1 is 0.800 bits per heavy atom. The maximum atomic E-state index is 8.78. The number of hydrogen-bond acceptors (Lipinski definition) is 2. The molecule has 0 saturated carbocycles. The fraction of sp³-hybridized carbons (Fsp3) is 0.923. The van der Waals surface area contributed by atoms with E-state index in [9.17, 15) is 0 Å². The van der Waals surface area contributed by atoms with Crippen LogP contribution in [0.3, 0.4) is 0 Å². The fourth-order valence-electron chi connectivity index (χ4n) is 1.72. The number of unbranched alkanes of at least 4 members (excludes halogenated alkanes) is 6. The van der Waals surface area contributed by atoms with E-state index in [2.05, 4.69) is 19.0 Å². The van der Waals surface area contributed by atoms with Gasteiger partial charge in [0.25, 0.3) is 0 Å². The van der Waals surface area contributed by atoms with Gasteiger partial charge in [0.05, 0.1) is 5.71 Å². The number of oxime groups is 1. The van der Waals surface area contributed by atoms with Crippen LogP contribution in [0.4, 0.5) is 0 Å². The lowest BCUT2D eigenvalue weighted by molar-refractivity contribution is 0.315. The van der Waals surface area contributed by atoms with E-state index >= 15 is 0 Å². The number of rotatable bonds is 10. The van der Waals surface area contributed by atoms with Gasteiger partial charge >= 0.3 is 0 Å². The van der Waals surface area contributed by atoms with Crippen molar-refractivity contribution in [2.24, 2.45) is 5.16 Å². The highest BCUT2D eigenvalue weighted by Gasteiger charge is 1.99. The van der Waals surface area contributed by atoms with Crippen molar-refractivity contribution in [3.63, 3.8) is 0 Å². The molecule has 0 aliphatic heterocycles. The minimum absolute atomic E-state index is 0.974. The summed E-state index contributed by atoms with van der Waals surface area (Å²) in [5.41, 5.74) is 0.993. The van der Waals surface area contributed by atoms with Crippen LogP contribution in [0, 0.1) is 0 Å². The van der Waals surface area contributed by atoms with Crippen LogP contribution in [0.15, 0.2) is 5.16 Å². The third-order valence-electron chi connectivity index (χ3n) is 2.78. The van der Waals surface area contributed by atoms with E-state index in [0.29, 0.717) is 0 Å². The van der Waals surface area contributed by atoms with Gasteiger partial charge in [-0.1, -0.05) is 57.5 Å². The van der Waals surface area contributed by atoms with E-state index in [0.717, 1.165) is 25.0 Å². The smallest absolute Gasteiger partial charge is 0.0570 e. The van der Waals surface area contributed by atoms with Gasteiger partial charge < -0.3 is 5.21 Å². The summed E-state index contributed by atoms with van der Waals surface area (Å²) in [7, 11) is 0. The minimum Gasteiger partial charge on any atom is -0.411 e. The predicted molar refractivity (Wildman–Crippen MR) is 66.7 cm³/mol. The summed E-state index contributed by atoms with van der Waals surface area (Å²) in [5.74, 6) is 0. The van der Waals surface area contributed by atoms with Crippen LogP contribution < -0.4 is 0 Å². The predicted octanol–water partition coefficient (Wildman–Crippen LogP) is 4.76. The molecular weight excluding hydrogens is 186 g/mol. The van der Waals surface area contributed by atoms with Crippen molar-refractivity contribution in [3.05, 3.63) is 0 Å². The Hall–Kier alpha value is -0.530. The van der Waals surface area contributed by atoms with Gasteiger partial charge in [-0.3, -0.25) is 0 Å². The lowest BCUT2D eigenvalue weighted by Gasteiger charge is -2.03. The number of hydrogen-bond donors (Lipinski definition) is 1. The van der Waals surface area contributed by atoms with Crippen molar-refractivity contribution in [1.82, 2.24) is 0 Å². The molecule has 0 unspecified atom stereocenters. The first-order chi connectivity index (χ1) is 7.35. The summed E-state index contributed by atoms with van der Waals surface area (Å²) < 4.78 is 0. The first kappa shape index (κ1) is 14.5. The lowest BCUT2D eigenvalue weighted by atomic mass is 10.0. The maximum Gasteiger partial charge on any atom is 0.0570 e. The quantitative estimate of drug-likeness (QED) is 0.241. The van der Waals surface area contributed by atoms with Crippen molar-refractivity contribution in [1.29, 1.82) is 0 Å². The Bertz CT molecular complexity index is 155. The van der Waals surface area contributed by atoms with Crippen LogP contribution >= 0.6 is 0 Å². The van der Waals surface area contributed by atoms with Gasteiger partial charge in [0.1, 0.15) is 0 Å². The summed E-state index contributed by atoms with van der Waals surface area (Å²) >= 11 is 0. The molecule has 0 fully saturated rings. The molecule has 0 atom stereocenters. The summed E-state index contributed by atoms with van der Waals surface area (Å²) in [6.07, 6.45) is 12.1. The van der Waals surface area contributed by atoms with Gasteiger partial charge in [-0.15, -0.1) is 0 Å². The minimum atomic E-state index is 0.974.